The Labute approximate surface area is 205 Å². The first-order valence-electron chi connectivity index (χ1n) is 12.3. The van der Waals surface area contributed by atoms with Crippen LogP contribution < -0.4 is 5.32 Å². The average molecular weight is 465 g/mol. The maximum absolute atomic E-state index is 11.8. The molecule has 0 atom stereocenters. The Hall–Kier alpha value is -3.21. The van der Waals surface area contributed by atoms with Gasteiger partial charge in [-0.25, -0.2) is 4.79 Å². The summed E-state index contributed by atoms with van der Waals surface area (Å²) in [6.07, 6.45) is 32.7. The Morgan fingerprint density at radius 2 is 1.50 bits per heavy atom. The molecule has 0 aromatic carbocycles. The molecule has 1 N–H and O–H groups in total. The third kappa shape index (κ3) is 17.4. The van der Waals surface area contributed by atoms with Gasteiger partial charge in [0.2, 0.25) is 5.91 Å². The van der Waals surface area contributed by atoms with Crippen LogP contribution >= 0.6 is 0 Å². The number of aromatic nitrogens is 1. The van der Waals surface area contributed by atoms with Crippen LogP contribution in [-0.4, -0.2) is 30.0 Å². The molecule has 1 aromatic rings. The number of ether oxygens (including phenoxy) is 1. The van der Waals surface area contributed by atoms with Gasteiger partial charge in [0.1, 0.15) is 0 Å². The minimum absolute atomic E-state index is 0.0333. The lowest BCUT2D eigenvalue weighted by atomic mass is 10.2. The molecule has 5 heteroatoms. The van der Waals surface area contributed by atoms with Gasteiger partial charge in [-0.3, -0.25) is 9.78 Å². The molecule has 0 aliphatic heterocycles. The SMILES string of the molecule is CCC=CCC=CCC=CCC=CCC=CCCCC(=O)NCCCOC(=O)c1cccnc1. The Balaban J connectivity index is 1.93. The van der Waals surface area contributed by atoms with Crippen LogP contribution in [0.2, 0.25) is 0 Å². The summed E-state index contributed by atoms with van der Waals surface area (Å²) in [5.74, 6) is -0.359. The standard InChI is InChI=1S/C29H40N2O3/c1-2-3-4-5-6-7-8-9-10-11-12-13-14-15-16-17-18-22-28(32)31-24-20-25-34-29(33)27-21-19-23-30-26-27/h3-4,6-7,9-10,12-13,15-16,19,21,23,26H,2,5,8,11,14,17-18,20,22,24-25H2,1H3,(H,31,32). The van der Waals surface area contributed by atoms with Gasteiger partial charge in [-0.15, -0.1) is 0 Å². The second kappa shape index (κ2) is 21.6. The Kier molecular flexibility index (Phi) is 18.3. The molecular formula is C29H40N2O3. The van der Waals surface area contributed by atoms with E-state index in [1.54, 1.807) is 18.3 Å². The number of unbranched alkanes of at least 4 members (excludes halogenated alkanes) is 1. The van der Waals surface area contributed by atoms with E-state index in [0.29, 0.717) is 24.9 Å². The summed E-state index contributed by atoms with van der Waals surface area (Å²) < 4.78 is 5.15. The fraction of sp³-hybridized carbons (Fsp3) is 0.414. The van der Waals surface area contributed by atoms with Crippen molar-refractivity contribution < 1.29 is 14.3 Å². The third-order valence-electron chi connectivity index (χ3n) is 4.71. The van der Waals surface area contributed by atoms with E-state index in [-0.39, 0.29) is 12.5 Å². The number of pyridine rings is 1. The maximum Gasteiger partial charge on any atom is 0.339 e. The van der Waals surface area contributed by atoms with Gasteiger partial charge < -0.3 is 10.1 Å². The zero-order valence-electron chi connectivity index (χ0n) is 20.5. The number of amides is 1. The van der Waals surface area contributed by atoms with Gasteiger partial charge in [-0.2, -0.15) is 0 Å². The molecule has 0 aliphatic carbocycles. The molecule has 0 aliphatic rings. The van der Waals surface area contributed by atoms with E-state index in [2.05, 4.69) is 78.0 Å². The van der Waals surface area contributed by atoms with Crippen LogP contribution in [0.3, 0.4) is 0 Å². The Morgan fingerprint density at radius 3 is 2.09 bits per heavy atom. The van der Waals surface area contributed by atoms with Crippen LogP contribution in [0.15, 0.2) is 85.3 Å². The number of allylic oxidation sites excluding steroid dienone is 10. The highest BCUT2D eigenvalue weighted by molar-refractivity contribution is 5.88. The molecule has 184 valence electrons. The highest BCUT2D eigenvalue weighted by Crippen LogP contribution is 2.01. The van der Waals surface area contributed by atoms with Gasteiger partial charge in [-0.1, -0.05) is 67.7 Å². The summed E-state index contributed by atoms with van der Waals surface area (Å²) in [6, 6.07) is 3.35. The van der Waals surface area contributed by atoms with Crippen molar-refractivity contribution in [3.8, 4) is 0 Å². The second-order valence-corrected chi connectivity index (χ2v) is 7.68. The molecule has 0 saturated heterocycles. The summed E-state index contributed by atoms with van der Waals surface area (Å²) in [7, 11) is 0. The highest BCUT2D eigenvalue weighted by Gasteiger charge is 2.06. The smallest absolute Gasteiger partial charge is 0.339 e. The van der Waals surface area contributed by atoms with Crippen molar-refractivity contribution >= 4 is 11.9 Å². The molecule has 0 radical (unpaired) electrons. The maximum atomic E-state index is 11.8. The predicted octanol–water partition coefficient (Wildman–Crippen LogP) is 6.67. The van der Waals surface area contributed by atoms with Crippen LogP contribution in [0, 0.1) is 0 Å². The fourth-order valence-corrected chi connectivity index (χ4v) is 2.87. The molecule has 0 unspecified atom stereocenters. The molecule has 5 nitrogen and oxygen atoms in total. The van der Waals surface area contributed by atoms with E-state index in [1.807, 2.05) is 0 Å². The lowest BCUT2D eigenvalue weighted by Gasteiger charge is -2.06. The molecule has 0 saturated carbocycles. The first-order chi connectivity index (χ1) is 16.7. The quantitative estimate of drug-likeness (QED) is 0.150. The van der Waals surface area contributed by atoms with Gasteiger partial charge in [-0.05, 0) is 63.5 Å². The van der Waals surface area contributed by atoms with E-state index in [4.69, 9.17) is 4.74 Å². The monoisotopic (exact) mass is 464 g/mol. The van der Waals surface area contributed by atoms with Gasteiger partial charge in [0.15, 0.2) is 0 Å². The summed E-state index contributed by atoms with van der Waals surface area (Å²) in [6.45, 7) is 2.92. The normalized spacial score (nSPS) is 12.0. The zero-order valence-corrected chi connectivity index (χ0v) is 20.5. The molecular weight excluding hydrogens is 424 g/mol. The molecule has 34 heavy (non-hydrogen) atoms. The van der Waals surface area contributed by atoms with Crippen molar-refractivity contribution in [1.29, 1.82) is 0 Å². The Morgan fingerprint density at radius 1 is 0.882 bits per heavy atom. The average Bonchev–Trinajstić information content (AvgIpc) is 2.86. The molecule has 1 heterocycles. The molecule has 1 rings (SSSR count). The number of nitrogens with zero attached hydrogens (tertiary/aromatic N) is 1. The van der Waals surface area contributed by atoms with E-state index in [9.17, 15) is 9.59 Å². The number of carbonyl (C=O) groups is 2. The number of esters is 1. The molecule has 0 fully saturated rings. The minimum Gasteiger partial charge on any atom is -0.462 e. The van der Waals surface area contributed by atoms with Crippen molar-refractivity contribution in [3.05, 3.63) is 90.9 Å². The van der Waals surface area contributed by atoms with E-state index < -0.39 is 5.97 Å². The number of hydrogen-bond donors (Lipinski definition) is 1. The number of nitrogens with one attached hydrogen (secondary N) is 1. The first kappa shape index (κ1) is 28.8. The number of rotatable bonds is 18. The van der Waals surface area contributed by atoms with Crippen molar-refractivity contribution in [2.24, 2.45) is 0 Å². The Bertz CT molecular complexity index is 808. The van der Waals surface area contributed by atoms with Gasteiger partial charge in [0.25, 0.3) is 0 Å². The summed E-state index contributed by atoms with van der Waals surface area (Å²) in [5.41, 5.74) is 0.432. The van der Waals surface area contributed by atoms with Gasteiger partial charge in [0.05, 0.1) is 12.2 Å². The molecule has 1 aromatic heterocycles. The summed E-state index contributed by atoms with van der Waals surface area (Å²) in [4.78, 5) is 27.5. The predicted molar refractivity (Wildman–Crippen MR) is 140 cm³/mol. The number of hydrogen-bond acceptors (Lipinski definition) is 4. The van der Waals surface area contributed by atoms with Gasteiger partial charge in [0, 0.05) is 25.4 Å². The third-order valence-corrected chi connectivity index (χ3v) is 4.71. The highest BCUT2D eigenvalue weighted by atomic mass is 16.5. The van der Waals surface area contributed by atoms with E-state index >= 15 is 0 Å². The fourth-order valence-electron chi connectivity index (χ4n) is 2.87. The van der Waals surface area contributed by atoms with Crippen LogP contribution in [0.4, 0.5) is 0 Å². The minimum atomic E-state index is -0.392. The van der Waals surface area contributed by atoms with Crippen LogP contribution in [0.5, 0.6) is 0 Å². The molecule has 1 amide bonds. The number of carbonyl (C=O) groups excluding carboxylic acids is 2. The van der Waals surface area contributed by atoms with E-state index in [1.165, 1.54) is 6.20 Å². The van der Waals surface area contributed by atoms with Crippen molar-refractivity contribution in [2.45, 2.75) is 64.7 Å². The van der Waals surface area contributed by atoms with Crippen molar-refractivity contribution in [1.82, 2.24) is 10.3 Å². The molecule has 0 bridgehead atoms. The lowest BCUT2D eigenvalue weighted by Crippen LogP contribution is -2.25. The van der Waals surface area contributed by atoms with Crippen molar-refractivity contribution in [3.63, 3.8) is 0 Å². The van der Waals surface area contributed by atoms with Crippen LogP contribution in [-0.2, 0) is 9.53 Å². The first-order valence-corrected chi connectivity index (χ1v) is 12.3. The molecule has 0 spiro atoms. The van der Waals surface area contributed by atoms with Crippen LogP contribution in [0.1, 0.15) is 75.1 Å². The zero-order chi connectivity index (χ0) is 24.5. The largest absolute Gasteiger partial charge is 0.462 e. The van der Waals surface area contributed by atoms with Crippen molar-refractivity contribution in [2.75, 3.05) is 13.2 Å². The van der Waals surface area contributed by atoms with Gasteiger partial charge >= 0.3 is 5.97 Å². The second-order valence-electron chi connectivity index (χ2n) is 7.68. The van der Waals surface area contributed by atoms with Crippen LogP contribution in [0.25, 0.3) is 0 Å². The lowest BCUT2D eigenvalue weighted by molar-refractivity contribution is -0.121. The summed E-state index contributed by atoms with van der Waals surface area (Å²) in [5, 5.41) is 2.86. The topological polar surface area (TPSA) is 68.3 Å². The summed E-state index contributed by atoms with van der Waals surface area (Å²) >= 11 is 0. The van der Waals surface area contributed by atoms with E-state index in [0.717, 1.165) is 44.9 Å².